The molecule has 0 aliphatic rings. The highest BCUT2D eigenvalue weighted by molar-refractivity contribution is 6.00. The molecular weight excluding hydrogens is 418 g/mol. The van der Waals surface area contributed by atoms with Crippen LogP contribution in [0.1, 0.15) is 15.9 Å². The molecule has 4 rings (SSSR count). The van der Waals surface area contributed by atoms with Crippen molar-refractivity contribution in [3.8, 4) is 34.2 Å². The van der Waals surface area contributed by atoms with E-state index in [1.54, 1.807) is 44.3 Å². The van der Waals surface area contributed by atoms with Crippen LogP contribution in [0.5, 0.6) is 17.2 Å². The molecule has 33 heavy (non-hydrogen) atoms. The first-order valence-corrected chi connectivity index (χ1v) is 10.4. The lowest BCUT2D eigenvalue weighted by Crippen LogP contribution is -2.23. The lowest BCUT2D eigenvalue weighted by atomic mass is 10.1. The molecule has 0 atom stereocenters. The smallest absolute Gasteiger partial charge is 0.255 e. The second-order valence-electron chi connectivity index (χ2n) is 7.23. The Kier molecular flexibility index (Phi) is 6.59. The maximum absolute atomic E-state index is 13.3. The number of para-hydroxylation sites is 2. The zero-order valence-electron chi connectivity index (χ0n) is 18.7. The fourth-order valence-electron chi connectivity index (χ4n) is 3.57. The second kappa shape index (κ2) is 9.91. The Morgan fingerprint density at radius 1 is 0.879 bits per heavy atom. The molecule has 7 nitrogen and oxygen atoms in total. The summed E-state index contributed by atoms with van der Waals surface area (Å²) in [5, 5.41) is 7.73. The zero-order chi connectivity index (χ0) is 23.2. The number of rotatable bonds is 8. The van der Waals surface area contributed by atoms with Crippen molar-refractivity contribution in [1.29, 1.82) is 0 Å². The Morgan fingerprint density at radius 2 is 1.61 bits per heavy atom. The number of methoxy groups -OCH3 is 3. The van der Waals surface area contributed by atoms with Gasteiger partial charge in [-0.3, -0.25) is 4.79 Å². The lowest BCUT2D eigenvalue weighted by Gasteiger charge is -2.11. The normalized spacial score (nSPS) is 10.5. The molecule has 0 aliphatic heterocycles. The van der Waals surface area contributed by atoms with E-state index < -0.39 is 0 Å². The van der Waals surface area contributed by atoms with Crippen LogP contribution in [0.2, 0.25) is 0 Å². The number of nitrogens with one attached hydrogen (secondary N) is 1. The fraction of sp³-hybridized carbons (Fsp3) is 0.154. The highest BCUT2D eigenvalue weighted by Gasteiger charge is 2.22. The molecule has 0 radical (unpaired) electrons. The summed E-state index contributed by atoms with van der Waals surface area (Å²) in [5.74, 6) is 1.68. The van der Waals surface area contributed by atoms with E-state index in [2.05, 4.69) is 5.32 Å². The summed E-state index contributed by atoms with van der Waals surface area (Å²) in [7, 11) is 4.79. The third kappa shape index (κ3) is 4.67. The first kappa shape index (κ1) is 22.0. The Bertz CT molecular complexity index is 1250. The van der Waals surface area contributed by atoms with Crippen LogP contribution in [-0.4, -0.2) is 37.0 Å². The Labute approximate surface area is 192 Å². The molecule has 4 aromatic rings. The summed E-state index contributed by atoms with van der Waals surface area (Å²) >= 11 is 0. The van der Waals surface area contributed by atoms with Crippen LogP contribution in [0, 0.1) is 0 Å². The van der Waals surface area contributed by atoms with Gasteiger partial charge in [0.15, 0.2) is 0 Å². The van der Waals surface area contributed by atoms with E-state index in [-0.39, 0.29) is 5.91 Å². The number of benzene rings is 3. The summed E-state index contributed by atoms with van der Waals surface area (Å²) < 4.78 is 18.0. The van der Waals surface area contributed by atoms with E-state index in [9.17, 15) is 4.79 Å². The number of ether oxygens (including phenoxy) is 3. The molecule has 3 aromatic carbocycles. The highest BCUT2D eigenvalue weighted by Crippen LogP contribution is 2.35. The summed E-state index contributed by atoms with van der Waals surface area (Å²) in [6, 6.07) is 22.6. The minimum Gasteiger partial charge on any atom is -0.497 e. The van der Waals surface area contributed by atoms with Crippen molar-refractivity contribution in [2.75, 3.05) is 21.3 Å². The van der Waals surface area contributed by atoms with E-state index in [0.29, 0.717) is 40.6 Å². The van der Waals surface area contributed by atoms with Gasteiger partial charge >= 0.3 is 0 Å². The molecule has 168 valence electrons. The summed E-state index contributed by atoms with van der Waals surface area (Å²) in [5.41, 5.74) is 3.29. The average molecular weight is 444 g/mol. The molecule has 1 heterocycles. The molecule has 0 spiro atoms. The van der Waals surface area contributed by atoms with E-state index in [1.807, 2.05) is 60.7 Å². The van der Waals surface area contributed by atoms with Crippen LogP contribution in [0.3, 0.4) is 0 Å². The third-order valence-electron chi connectivity index (χ3n) is 5.27. The van der Waals surface area contributed by atoms with Crippen LogP contribution in [-0.2, 0) is 6.54 Å². The molecule has 0 fully saturated rings. The Hall–Kier alpha value is -4.26. The van der Waals surface area contributed by atoms with Gasteiger partial charge in [-0.1, -0.05) is 36.4 Å². The molecule has 1 aromatic heterocycles. The predicted molar refractivity (Wildman–Crippen MR) is 126 cm³/mol. The van der Waals surface area contributed by atoms with Crippen LogP contribution in [0.15, 0.2) is 79.0 Å². The van der Waals surface area contributed by atoms with Gasteiger partial charge in [0.2, 0.25) is 0 Å². The quantitative estimate of drug-likeness (QED) is 0.434. The van der Waals surface area contributed by atoms with E-state index in [4.69, 9.17) is 19.3 Å². The van der Waals surface area contributed by atoms with E-state index in [0.717, 1.165) is 11.3 Å². The third-order valence-corrected chi connectivity index (χ3v) is 5.27. The second-order valence-corrected chi connectivity index (χ2v) is 7.23. The van der Waals surface area contributed by atoms with E-state index >= 15 is 0 Å². The molecule has 7 heteroatoms. The number of aromatic nitrogens is 2. The van der Waals surface area contributed by atoms with Crippen molar-refractivity contribution >= 4 is 5.91 Å². The highest BCUT2D eigenvalue weighted by atomic mass is 16.5. The summed E-state index contributed by atoms with van der Waals surface area (Å²) in [4.78, 5) is 13.3. The summed E-state index contributed by atoms with van der Waals surface area (Å²) in [6.45, 7) is 0.314. The van der Waals surface area contributed by atoms with Gasteiger partial charge in [0, 0.05) is 23.9 Å². The number of hydrogen-bond donors (Lipinski definition) is 1. The van der Waals surface area contributed by atoms with Crippen molar-refractivity contribution in [3.05, 3.63) is 90.1 Å². The van der Waals surface area contributed by atoms with Gasteiger partial charge in [0.25, 0.3) is 5.91 Å². The molecule has 0 bridgehead atoms. The lowest BCUT2D eigenvalue weighted by molar-refractivity contribution is 0.0951. The van der Waals surface area contributed by atoms with Crippen molar-refractivity contribution < 1.29 is 19.0 Å². The molecule has 0 saturated carbocycles. The molecule has 1 N–H and O–H groups in total. The first-order valence-electron chi connectivity index (χ1n) is 10.4. The minimum absolute atomic E-state index is 0.261. The van der Waals surface area contributed by atoms with Crippen LogP contribution in [0.4, 0.5) is 0 Å². The number of carbonyl (C=O) groups excluding carboxylic acids is 1. The standard InChI is InChI=1S/C26H25N3O4/c1-31-20-13-14-24(33-3)21(15-20)25-22(17-29(28-25)19-10-5-4-6-11-19)26(30)27-16-18-9-7-8-12-23(18)32-2/h4-15,17H,16H2,1-3H3,(H,27,30). The zero-order valence-corrected chi connectivity index (χ0v) is 18.7. The van der Waals surface area contributed by atoms with Crippen LogP contribution >= 0.6 is 0 Å². The van der Waals surface area contributed by atoms with Crippen molar-refractivity contribution in [3.63, 3.8) is 0 Å². The van der Waals surface area contributed by atoms with Gasteiger partial charge in [0.1, 0.15) is 22.9 Å². The molecular formula is C26H25N3O4. The van der Waals surface area contributed by atoms with Crippen LogP contribution < -0.4 is 19.5 Å². The van der Waals surface area contributed by atoms with Gasteiger partial charge in [-0.25, -0.2) is 4.68 Å². The van der Waals surface area contributed by atoms with Crippen LogP contribution in [0.25, 0.3) is 16.9 Å². The Balaban J connectivity index is 1.75. The summed E-state index contributed by atoms with van der Waals surface area (Å²) in [6.07, 6.45) is 1.72. The van der Waals surface area contributed by atoms with Gasteiger partial charge in [-0.15, -0.1) is 0 Å². The molecule has 0 aliphatic carbocycles. The number of hydrogen-bond acceptors (Lipinski definition) is 5. The number of carbonyl (C=O) groups is 1. The predicted octanol–water partition coefficient (Wildman–Crippen LogP) is 4.50. The molecule has 1 amide bonds. The topological polar surface area (TPSA) is 74.6 Å². The SMILES string of the molecule is COc1ccc(OC)c(-c2nn(-c3ccccc3)cc2C(=O)NCc2ccccc2OC)c1. The van der Waals surface area contributed by atoms with Crippen molar-refractivity contribution in [2.45, 2.75) is 6.54 Å². The first-order chi connectivity index (χ1) is 16.1. The molecule has 0 saturated heterocycles. The average Bonchev–Trinajstić information content (AvgIpc) is 3.33. The largest absolute Gasteiger partial charge is 0.497 e. The van der Waals surface area contributed by atoms with Crippen molar-refractivity contribution in [2.24, 2.45) is 0 Å². The van der Waals surface area contributed by atoms with Gasteiger partial charge in [0.05, 0.1) is 32.6 Å². The van der Waals surface area contributed by atoms with Gasteiger partial charge < -0.3 is 19.5 Å². The van der Waals surface area contributed by atoms with Gasteiger partial charge in [-0.2, -0.15) is 5.10 Å². The monoisotopic (exact) mass is 443 g/mol. The molecule has 0 unspecified atom stereocenters. The maximum atomic E-state index is 13.3. The minimum atomic E-state index is -0.261. The maximum Gasteiger partial charge on any atom is 0.255 e. The van der Waals surface area contributed by atoms with E-state index in [1.165, 1.54) is 0 Å². The number of nitrogens with zero attached hydrogens (tertiary/aromatic N) is 2. The fourth-order valence-corrected chi connectivity index (χ4v) is 3.57. The van der Waals surface area contributed by atoms with Crippen molar-refractivity contribution in [1.82, 2.24) is 15.1 Å². The van der Waals surface area contributed by atoms with Gasteiger partial charge in [-0.05, 0) is 36.4 Å². The number of amides is 1. The Morgan fingerprint density at radius 3 is 2.33 bits per heavy atom.